The zero-order valence-electron chi connectivity index (χ0n) is 18.8. The van der Waals surface area contributed by atoms with E-state index in [1.807, 2.05) is 12.1 Å². The van der Waals surface area contributed by atoms with E-state index < -0.39 is 19.9 Å². The Morgan fingerprint density at radius 1 is 0.909 bits per heavy atom. The molecule has 0 amide bonds. The molecule has 0 radical (unpaired) electrons. The summed E-state index contributed by atoms with van der Waals surface area (Å²) in [5.41, 5.74) is 0.859. The Kier molecular flexibility index (Phi) is 8.99. The Morgan fingerprint density at radius 2 is 1.64 bits per heavy atom. The molecule has 0 aliphatic carbocycles. The molecule has 0 N–H and O–H groups in total. The summed E-state index contributed by atoms with van der Waals surface area (Å²) in [6.07, 6.45) is 4.13. The third-order valence-electron chi connectivity index (χ3n) is 6.42. The third-order valence-corrected chi connectivity index (χ3v) is 10.9. The van der Waals surface area contributed by atoms with Gasteiger partial charge in [0.2, 0.25) is 0 Å². The Balaban J connectivity index is 0.00000306. The summed E-state index contributed by atoms with van der Waals surface area (Å²) in [6.45, 7) is 5.24. The number of sulfone groups is 1. The lowest BCUT2D eigenvalue weighted by Gasteiger charge is -2.38. The van der Waals surface area contributed by atoms with E-state index in [0.29, 0.717) is 34.8 Å². The maximum absolute atomic E-state index is 12.9. The highest BCUT2D eigenvalue weighted by Gasteiger charge is 2.31. The molecular formula is C22H32ClN3O4S3. The highest BCUT2D eigenvalue weighted by Crippen LogP contribution is 2.25. The third kappa shape index (κ3) is 6.36. The fourth-order valence-corrected chi connectivity index (χ4v) is 8.29. The maximum atomic E-state index is 12.9. The van der Waals surface area contributed by atoms with Gasteiger partial charge in [0, 0.05) is 38.5 Å². The van der Waals surface area contributed by atoms with Gasteiger partial charge < -0.3 is 0 Å². The summed E-state index contributed by atoms with van der Waals surface area (Å²) in [4.78, 5) is 5.19. The van der Waals surface area contributed by atoms with Gasteiger partial charge in [0.05, 0.1) is 4.90 Å². The van der Waals surface area contributed by atoms with Gasteiger partial charge in [0.15, 0.2) is 9.84 Å². The lowest BCUT2D eigenvalue weighted by molar-refractivity contribution is 0.108. The SMILES string of the molecule is CS(=O)(=O)c1ccccc1CN1CCC(N2CCCN(S(=O)(=O)c3cccs3)CC2)CC1.Cl. The number of hydrogen-bond donors (Lipinski definition) is 0. The van der Waals surface area contributed by atoms with Crippen molar-refractivity contribution in [1.82, 2.24) is 14.1 Å². The van der Waals surface area contributed by atoms with Crippen molar-refractivity contribution in [2.45, 2.75) is 41.0 Å². The Bertz CT molecular complexity index is 1120. The van der Waals surface area contributed by atoms with Crippen LogP contribution in [-0.2, 0) is 26.4 Å². The van der Waals surface area contributed by atoms with Gasteiger partial charge in [-0.2, -0.15) is 4.31 Å². The zero-order valence-corrected chi connectivity index (χ0v) is 22.1. The summed E-state index contributed by atoms with van der Waals surface area (Å²) >= 11 is 1.28. The number of likely N-dealkylation sites (tertiary alicyclic amines) is 1. The Labute approximate surface area is 207 Å². The molecule has 184 valence electrons. The van der Waals surface area contributed by atoms with Gasteiger partial charge in [-0.3, -0.25) is 9.80 Å². The van der Waals surface area contributed by atoms with Crippen molar-refractivity contribution >= 4 is 43.6 Å². The van der Waals surface area contributed by atoms with Gasteiger partial charge in [-0.05, 0) is 62.0 Å². The molecule has 0 spiro atoms. The van der Waals surface area contributed by atoms with Crippen molar-refractivity contribution in [3.05, 3.63) is 47.3 Å². The van der Waals surface area contributed by atoms with Crippen LogP contribution in [0.2, 0.25) is 0 Å². The van der Waals surface area contributed by atoms with Gasteiger partial charge in [-0.1, -0.05) is 24.3 Å². The molecule has 1 aromatic heterocycles. The Morgan fingerprint density at radius 3 is 2.30 bits per heavy atom. The number of hydrogen-bond acceptors (Lipinski definition) is 7. The second-order valence-corrected chi connectivity index (χ2v) is 13.7. The van der Waals surface area contributed by atoms with E-state index in [9.17, 15) is 16.8 Å². The summed E-state index contributed by atoms with van der Waals surface area (Å²) in [5.74, 6) is 0. The molecule has 2 aliphatic rings. The molecule has 7 nitrogen and oxygen atoms in total. The fraction of sp³-hybridized carbons (Fsp3) is 0.545. The standard InChI is InChI=1S/C22H31N3O4S3.ClH/c1-31(26,27)21-7-3-2-6-19(21)18-23-13-9-20(10-14-23)24-11-5-12-25(16-15-24)32(28,29)22-8-4-17-30-22;/h2-4,6-8,17,20H,5,9-16,18H2,1H3;1H. The van der Waals surface area contributed by atoms with Gasteiger partial charge in [0.1, 0.15) is 4.21 Å². The minimum Gasteiger partial charge on any atom is -0.299 e. The zero-order chi connectivity index (χ0) is 22.8. The highest BCUT2D eigenvalue weighted by atomic mass is 35.5. The number of rotatable bonds is 6. The largest absolute Gasteiger partial charge is 0.299 e. The lowest BCUT2D eigenvalue weighted by Crippen LogP contribution is -2.46. The van der Waals surface area contributed by atoms with Crippen LogP contribution >= 0.6 is 23.7 Å². The molecule has 1 aromatic carbocycles. The van der Waals surface area contributed by atoms with Crippen molar-refractivity contribution in [2.24, 2.45) is 0 Å². The molecule has 11 heteroatoms. The molecule has 3 heterocycles. The topological polar surface area (TPSA) is 78.0 Å². The lowest BCUT2D eigenvalue weighted by atomic mass is 10.0. The number of sulfonamides is 1. The van der Waals surface area contributed by atoms with Crippen molar-refractivity contribution in [3.8, 4) is 0 Å². The molecule has 33 heavy (non-hydrogen) atoms. The smallest absolute Gasteiger partial charge is 0.252 e. The molecule has 0 saturated carbocycles. The van der Waals surface area contributed by atoms with Crippen molar-refractivity contribution in [2.75, 3.05) is 45.5 Å². The predicted molar refractivity (Wildman–Crippen MR) is 134 cm³/mol. The normalized spacial score (nSPS) is 20.3. The first-order valence-corrected chi connectivity index (χ1v) is 15.2. The van der Waals surface area contributed by atoms with E-state index in [1.165, 1.54) is 17.6 Å². The van der Waals surface area contributed by atoms with E-state index in [1.54, 1.807) is 34.0 Å². The second kappa shape index (κ2) is 11.2. The van der Waals surface area contributed by atoms with Gasteiger partial charge >= 0.3 is 0 Å². The first-order valence-electron chi connectivity index (χ1n) is 11.0. The number of piperidine rings is 1. The van der Waals surface area contributed by atoms with Crippen LogP contribution in [0, 0.1) is 0 Å². The average molecular weight is 534 g/mol. The van der Waals surface area contributed by atoms with Crippen LogP contribution in [0.25, 0.3) is 0 Å². The van der Waals surface area contributed by atoms with E-state index in [4.69, 9.17) is 0 Å². The summed E-state index contributed by atoms with van der Waals surface area (Å²) in [7, 11) is -6.63. The molecule has 2 aromatic rings. The van der Waals surface area contributed by atoms with Crippen molar-refractivity contribution < 1.29 is 16.8 Å². The Hall–Kier alpha value is -1.01. The van der Waals surface area contributed by atoms with E-state index >= 15 is 0 Å². The predicted octanol–water partition coefficient (Wildman–Crippen LogP) is 2.93. The summed E-state index contributed by atoms with van der Waals surface area (Å²) < 4.78 is 52.0. The van der Waals surface area contributed by atoms with Gasteiger partial charge in [-0.15, -0.1) is 23.7 Å². The van der Waals surface area contributed by atoms with Crippen molar-refractivity contribution in [1.29, 1.82) is 0 Å². The minimum atomic E-state index is -3.39. The molecule has 0 unspecified atom stereocenters. The van der Waals surface area contributed by atoms with Crippen molar-refractivity contribution in [3.63, 3.8) is 0 Å². The molecular weight excluding hydrogens is 502 g/mol. The molecule has 4 rings (SSSR count). The van der Waals surface area contributed by atoms with E-state index in [-0.39, 0.29) is 12.4 Å². The van der Waals surface area contributed by atoms with E-state index in [0.717, 1.165) is 51.0 Å². The van der Waals surface area contributed by atoms with Crippen LogP contribution in [0.5, 0.6) is 0 Å². The molecule has 0 atom stereocenters. The molecule has 2 saturated heterocycles. The monoisotopic (exact) mass is 533 g/mol. The molecule has 2 fully saturated rings. The van der Waals surface area contributed by atoms with Crippen LogP contribution in [0.3, 0.4) is 0 Å². The first-order chi connectivity index (χ1) is 15.2. The average Bonchev–Trinajstić information content (AvgIpc) is 3.20. The molecule has 2 aliphatic heterocycles. The fourth-order valence-electron chi connectivity index (χ4n) is 4.74. The number of nitrogens with zero attached hydrogens (tertiary/aromatic N) is 3. The van der Waals surface area contributed by atoms with Crippen LogP contribution in [0.4, 0.5) is 0 Å². The maximum Gasteiger partial charge on any atom is 0.252 e. The van der Waals surface area contributed by atoms with Gasteiger partial charge in [0.25, 0.3) is 10.0 Å². The van der Waals surface area contributed by atoms with Crippen LogP contribution in [0.1, 0.15) is 24.8 Å². The summed E-state index contributed by atoms with van der Waals surface area (Å²) in [6, 6.07) is 11.2. The molecule has 0 bridgehead atoms. The van der Waals surface area contributed by atoms with Crippen LogP contribution in [0.15, 0.2) is 50.9 Å². The second-order valence-electron chi connectivity index (χ2n) is 8.61. The highest BCUT2D eigenvalue weighted by molar-refractivity contribution is 7.91. The van der Waals surface area contributed by atoms with Crippen LogP contribution < -0.4 is 0 Å². The quantitative estimate of drug-likeness (QED) is 0.568. The number of thiophene rings is 1. The number of benzene rings is 1. The van der Waals surface area contributed by atoms with Crippen LogP contribution in [-0.4, -0.2) is 82.5 Å². The number of halogens is 1. The summed E-state index contributed by atoms with van der Waals surface area (Å²) in [5, 5.41) is 1.80. The minimum absolute atomic E-state index is 0. The van der Waals surface area contributed by atoms with Gasteiger partial charge in [-0.25, -0.2) is 16.8 Å². The first kappa shape index (κ1) is 26.6. The van der Waals surface area contributed by atoms with E-state index in [2.05, 4.69) is 9.80 Å².